The Hall–Kier alpha value is -0.130. The van der Waals surface area contributed by atoms with Crippen LogP contribution in [0.25, 0.3) is 0 Å². The number of hydrogen-bond donors (Lipinski definition) is 3. The van der Waals surface area contributed by atoms with Crippen LogP contribution in [0, 0.1) is 5.92 Å². The van der Waals surface area contributed by atoms with E-state index in [1.807, 2.05) is 32.0 Å². The smallest absolute Gasteiger partial charge is 0.0471 e. The minimum Gasteiger partial charge on any atom is -0.396 e. The summed E-state index contributed by atoms with van der Waals surface area (Å²) < 4.78 is 0.977. The Morgan fingerprint density at radius 1 is 1.44 bits per heavy atom. The maximum atomic E-state index is 9.16. The summed E-state index contributed by atoms with van der Waals surface area (Å²) in [7, 11) is 0. The van der Waals surface area contributed by atoms with Crippen LogP contribution in [0.1, 0.15) is 25.5 Å². The number of nitrogens with two attached hydrogens (primary N) is 1. The fourth-order valence-corrected chi connectivity index (χ4v) is 2.33. The van der Waals surface area contributed by atoms with E-state index in [-0.39, 0.29) is 24.6 Å². The third-order valence-corrected chi connectivity index (χ3v) is 4.01. The Morgan fingerprint density at radius 3 is 2.67 bits per heavy atom. The second-order valence-electron chi connectivity index (χ2n) is 4.57. The molecule has 0 heterocycles. The zero-order chi connectivity index (χ0) is 13.7. The van der Waals surface area contributed by atoms with Gasteiger partial charge in [-0.15, -0.1) is 0 Å². The first-order valence-corrected chi connectivity index (χ1v) is 7.18. The lowest BCUT2D eigenvalue weighted by atomic mass is 10.0. The van der Waals surface area contributed by atoms with E-state index in [1.54, 1.807) is 0 Å². The molecule has 3 atom stereocenters. The van der Waals surface area contributed by atoms with Gasteiger partial charge in [0.2, 0.25) is 0 Å². The molecule has 0 aliphatic rings. The molecule has 0 saturated heterocycles. The zero-order valence-corrected chi connectivity index (χ0v) is 13.0. The SMILES string of the molecule is CC(CO)C(C)NC(CN)c1cc(Br)ccc1Cl. The molecule has 0 fully saturated rings. The summed E-state index contributed by atoms with van der Waals surface area (Å²) in [5.41, 5.74) is 6.79. The maximum absolute atomic E-state index is 9.16. The summed E-state index contributed by atoms with van der Waals surface area (Å²) in [5.74, 6) is 0.171. The Morgan fingerprint density at radius 2 is 2.11 bits per heavy atom. The van der Waals surface area contributed by atoms with Crippen molar-refractivity contribution in [2.75, 3.05) is 13.2 Å². The third kappa shape index (κ3) is 4.21. The summed E-state index contributed by atoms with van der Waals surface area (Å²) in [6, 6.07) is 5.88. The number of rotatable bonds is 6. The van der Waals surface area contributed by atoms with Crippen LogP contribution in [0.5, 0.6) is 0 Å². The minimum atomic E-state index is -0.0148. The van der Waals surface area contributed by atoms with Gasteiger partial charge in [-0.25, -0.2) is 0 Å². The highest BCUT2D eigenvalue weighted by atomic mass is 79.9. The molecule has 0 aromatic heterocycles. The molecular formula is C13H20BrClN2O. The second-order valence-corrected chi connectivity index (χ2v) is 5.89. The number of benzene rings is 1. The molecule has 1 aromatic rings. The van der Waals surface area contributed by atoms with Gasteiger partial charge in [0.15, 0.2) is 0 Å². The highest BCUT2D eigenvalue weighted by molar-refractivity contribution is 9.10. The Balaban J connectivity index is 2.86. The standard InChI is InChI=1S/C13H20BrClN2O/c1-8(7-18)9(2)17-13(6-16)11-5-10(14)3-4-12(11)15/h3-5,8-9,13,17-18H,6-7,16H2,1-2H3. The molecule has 1 rings (SSSR count). The monoisotopic (exact) mass is 334 g/mol. The predicted molar refractivity (Wildman–Crippen MR) is 79.8 cm³/mol. The van der Waals surface area contributed by atoms with Gasteiger partial charge >= 0.3 is 0 Å². The molecule has 1 aromatic carbocycles. The average Bonchev–Trinajstić information content (AvgIpc) is 2.37. The van der Waals surface area contributed by atoms with Crippen LogP contribution < -0.4 is 11.1 Å². The van der Waals surface area contributed by atoms with Crippen molar-refractivity contribution in [3.8, 4) is 0 Å². The normalized spacial score (nSPS) is 16.3. The van der Waals surface area contributed by atoms with Crippen molar-refractivity contribution >= 4 is 27.5 Å². The van der Waals surface area contributed by atoms with Gasteiger partial charge in [-0.3, -0.25) is 0 Å². The quantitative estimate of drug-likeness (QED) is 0.749. The molecular weight excluding hydrogens is 316 g/mol. The molecule has 0 aliphatic heterocycles. The summed E-state index contributed by atoms with van der Waals surface area (Å²) in [5, 5.41) is 13.3. The van der Waals surface area contributed by atoms with Crippen LogP contribution in [0.15, 0.2) is 22.7 Å². The first kappa shape index (κ1) is 15.9. The lowest BCUT2D eigenvalue weighted by Crippen LogP contribution is -2.39. The first-order chi connectivity index (χ1) is 8.49. The van der Waals surface area contributed by atoms with Gasteiger partial charge in [0.1, 0.15) is 0 Å². The molecule has 3 unspecified atom stereocenters. The Bertz CT molecular complexity index is 389. The van der Waals surface area contributed by atoms with Crippen molar-refractivity contribution in [2.24, 2.45) is 11.7 Å². The third-order valence-electron chi connectivity index (χ3n) is 3.17. The van der Waals surface area contributed by atoms with Gasteiger partial charge < -0.3 is 16.2 Å². The lowest BCUT2D eigenvalue weighted by molar-refractivity contribution is 0.201. The van der Waals surface area contributed by atoms with E-state index >= 15 is 0 Å². The molecule has 5 heteroatoms. The van der Waals surface area contributed by atoms with E-state index in [4.69, 9.17) is 22.4 Å². The van der Waals surface area contributed by atoms with Crippen LogP contribution in [0.2, 0.25) is 5.02 Å². The van der Waals surface area contributed by atoms with E-state index in [2.05, 4.69) is 21.2 Å². The fourth-order valence-electron chi connectivity index (χ4n) is 1.71. The van der Waals surface area contributed by atoms with E-state index < -0.39 is 0 Å². The molecule has 18 heavy (non-hydrogen) atoms. The van der Waals surface area contributed by atoms with Crippen molar-refractivity contribution in [3.63, 3.8) is 0 Å². The molecule has 0 saturated carbocycles. The van der Waals surface area contributed by atoms with Crippen molar-refractivity contribution in [3.05, 3.63) is 33.3 Å². The molecule has 0 radical (unpaired) electrons. The molecule has 0 spiro atoms. The fraction of sp³-hybridized carbons (Fsp3) is 0.538. The van der Waals surface area contributed by atoms with E-state index in [9.17, 15) is 0 Å². The van der Waals surface area contributed by atoms with E-state index in [0.29, 0.717) is 11.6 Å². The number of aliphatic hydroxyl groups excluding tert-OH is 1. The van der Waals surface area contributed by atoms with Crippen LogP contribution in [0.4, 0.5) is 0 Å². The predicted octanol–water partition coefficient (Wildman–Crippen LogP) is 2.71. The van der Waals surface area contributed by atoms with Crippen molar-refractivity contribution in [1.29, 1.82) is 0 Å². The number of nitrogens with one attached hydrogen (secondary N) is 1. The van der Waals surface area contributed by atoms with Crippen molar-refractivity contribution in [2.45, 2.75) is 25.9 Å². The highest BCUT2D eigenvalue weighted by Gasteiger charge is 2.19. The molecule has 0 amide bonds. The van der Waals surface area contributed by atoms with Crippen molar-refractivity contribution < 1.29 is 5.11 Å². The largest absolute Gasteiger partial charge is 0.396 e. The van der Waals surface area contributed by atoms with E-state index in [0.717, 1.165) is 10.0 Å². The minimum absolute atomic E-state index is 0.0148. The van der Waals surface area contributed by atoms with Gasteiger partial charge in [-0.05, 0) is 36.6 Å². The van der Waals surface area contributed by atoms with E-state index in [1.165, 1.54) is 0 Å². The van der Waals surface area contributed by atoms with Gasteiger partial charge in [0.25, 0.3) is 0 Å². The maximum Gasteiger partial charge on any atom is 0.0471 e. The molecule has 102 valence electrons. The summed E-state index contributed by atoms with van der Waals surface area (Å²) in [6.45, 7) is 4.64. The highest BCUT2D eigenvalue weighted by Crippen LogP contribution is 2.26. The molecule has 4 N–H and O–H groups in total. The van der Waals surface area contributed by atoms with Crippen LogP contribution in [-0.4, -0.2) is 24.3 Å². The van der Waals surface area contributed by atoms with Gasteiger partial charge in [0, 0.05) is 34.7 Å². The second kappa shape index (κ2) is 7.46. The lowest BCUT2D eigenvalue weighted by Gasteiger charge is -2.26. The van der Waals surface area contributed by atoms with Gasteiger partial charge in [0.05, 0.1) is 0 Å². The Labute approximate surface area is 122 Å². The summed E-state index contributed by atoms with van der Waals surface area (Å²) in [4.78, 5) is 0. The zero-order valence-electron chi connectivity index (χ0n) is 10.7. The van der Waals surface area contributed by atoms with Gasteiger partial charge in [-0.1, -0.05) is 34.5 Å². The summed E-state index contributed by atoms with van der Waals surface area (Å²) in [6.07, 6.45) is 0. The average molecular weight is 336 g/mol. The van der Waals surface area contributed by atoms with Crippen LogP contribution in [-0.2, 0) is 0 Å². The first-order valence-electron chi connectivity index (χ1n) is 6.01. The van der Waals surface area contributed by atoms with Crippen LogP contribution in [0.3, 0.4) is 0 Å². The number of aliphatic hydroxyl groups is 1. The topological polar surface area (TPSA) is 58.3 Å². The Kier molecular flexibility index (Phi) is 6.60. The molecule has 0 aliphatic carbocycles. The van der Waals surface area contributed by atoms with Crippen molar-refractivity contribution in [1.82, 2.24) is 5.32 Å². The number of halogens is 2. The molecule has 3 nitrogen and oxygen atoms in total. The number of hydrogen-bond acceptors (Lipinski definition) is 3. The summed E-state index contributed by atoms with van der Waals surface area (Å²) >= 11 is 9.64. The van der Waals surface area contributed by atoms with Gasteiger partial charge in [-0.2, -0.15) is 0 Å². The molecule has 0 bridgehead atoms. The van der Waals surface area contributed by atoms with Crippen LogP contribution >= 0.6 is 27.5 Å².